The van der Waals surface area contributed by atoms with Gasteiger partial charge >= 0.3 is 0 Å². The molecule has 0 atom stereocenters. The topological polar surface area (TPSA) is 73.3 Å². The van der Waals surface area contributed by atoms with Gasteiger partial charge in [0.25, 0.3) is 5.91 Å². The molecule has 1 aliphatic rings. The molecule has 0 fully saturated rings. The monoisotopic (exact) mass is 339 g/mol. The molecule has 1 N–H and O–H groups in total. The van der Waals surface area contributed by atoms with Crippen LogP contribution in [0.1, 0.15) is 5.69 Å². The van der Waals surface area contributed by atoms with Gasteiger partial charge in [-0.25, -0.2) is 4.98 Å². The molecule has 3 aromatic rings. The summed E-state index contributed by atoms with van der Waals surface area (Å²) in [4.78, 5) is 20.3. The van der Waals surface area contributed by atoms with Crippen LogP contribution >= 0.6 is 11.3 Å². The number of pyridine rings is 1. The summed E-state index contributed by atoms with van der Waals surface area (Å²) in [6.07, 6.45) is 1.74. The molecule has 0 aliphatic carbocycles. The molecule has 0 unspecified atom stereocenters. The van der Waals surface area contributed by atoms with Crippen molar-refractivity contribution in [3.8, 4) is 22.2 Å². The minimum absolute atomic E-state index is 0.0238. The van der Waals surface area contributed by atoms with Crippen LogP contribution in [0.25, 0.3) is 10.7 Å². The van der Waals surface area contributed by atoms with Crippen LogP contribution in [0.5, 0.6) is 11.5 Å². The van der Waals surface area contributed by atoms with Crippen molar-refractivity contribution in [2.75, 3.05) is 11.9 Å². The predicted molar refractivity (Wildman–Crippen MR) is 90.2 cm³/mol. The molecule has 6 nitrogen and oxygen atoms in total. The van der Waals surface area contributed by atoms with E-state index < -0.39 is 0 Å². The van der Waals surface area contributed by atoms with Crippen molar-refractivity contribution in [2.24, 2.45) is 0 Å². The van der Waals surface area contributed by atoms with Gasteiger partial charge in [-0.2, -0.15) is 0 Å². The first-order valence-corrected chi connectivity index (χ1v) is 8.22. The Bertz CT molecular complexity index is 880. The van der Waals surface area contributed by atoms with Crippen molar-refractivity contribution in [3.63, 3.8) is 0 Å². The van der Waals surface area contributed by atoms with Crippen LogP contribution in [0.15, 0.2) is 48.0 Å². The molecule has 1 aromatic carbocycles. The van der Waals surface area contributed by atoms with E-state index in [-0.39, 0.29) is 12.5 Å². The van der Waals surface area contributed by atoms with Crippen molar-refractivity contribution >= 4 is 22.9 Å². The Morgan fingerprint density at radius 1 is 1.25 bits per heavy atom. The first-order valence-electron chi connectivity index (χ1n) is 7.34. The molecule has 0 radical (unpaired) electrons. The maximum Gasteiger partial charge on any atom is 0.262 e. The number of hydrogen-bond acceptors (Lipinski definition) is 6. The van der Waals surface area contributed by atoms with Gasteiger partial charge < -0.3 is 14.8 Å². The van der Waals surface area contributed by atoms with Crippen LogP contribution in [-0.4, -0.2) is 22.5 Å². The van der Waals surface area contributed by atoms with E-state index in [9.17, 15) is 4.79 Å². The quantitative estimate of drug-likeness (QED) is 0.790. The fourth-order valence-corrected chi connectivity index (χ4v) is 3.11. The lowest BCUT2D eigenvalue weighted by atomic mass is 10.2. The van der Waals surface area contributed by atoms with Gasteiger partial charge in [0.1, 0.15) is 28.8 Å². The minimum atomic E-state index is -0.190. The number of fused-ring (bicyclic) bond motifs is 1. The molecule has 1 aliphatic heterocycles. The summed E-state index contributed by atoms with van der Waals surface area (Å²) in [5.74, 6) is 0.983. The average molecular weight is 339 g/mol. The predicted octanol–water partition coefficient (Wildman–Crippen LogP) is 3.12. The number of ether oxygens (including phenoxy) is 2. The fraction of sp³-hybridized carbons (Fsp3) is 0.118. The Morgan fingerprint density at radius 3 is 3.08 bits per heavy atom. The van der Waals surface area contributed by atoms with Gasteiger partial charge in [-0.3, -0.25) is 9.78 Å². The first kappa shape index (κ1) is 14.6. The van der Waals surface area contributed by atoms with E-state index in [4.69, 9.17) is 9.47 Å². The van der Waals surface area contributed by atoms with Gasteiger partial charge in [0.05, 0.1) is 11.4 Å². The maximum absolute atomic E-state index is 11.5. The van der Waals surface area contributed by atoms with Crippen molar-refractivity contribution in [3.05, 3.63) is 53.7 Å². The van der Waals surface area contributed by atoms with Crippen LogP contribution in [-0.2, 0) is 11.4 Å². The van der Waals surface area contributed by atoms with Gasteiger partial charge in [0.15, 0.2) is 6.61 Å². The maximum atomic E-state index is 11.5. The second kappa shape index (κ2) is 6.29. The highest BCUT2D eigenvalue weighted by Gasteiger charge is 2.20. The molecule has 2 aromatic heterocycles. The number of anilines is 1. The van der Waals surface area contributed by atoms with Gasteiger partial charge in [0, 0.05) is 11.6 Å². The first-order chi connectivity index (χ1) is 11.8. The summed E-state index contributed by atoms with van der Waals surface area (Å²) in [6, 6.07) is 11.1. The highest BCUT2D eigenvalue weighted by atomic mass is 32.1. The Labute approximate surface area is 142 Å². The highest BCUT2D eigenvalue weighted by molar-refractivity contribution is 7.13. The Kier molecular flexibility index (Phi) is 3.84. The van der Waals surface area contributed by atoms with E-state index in [0.29, 0.717) is 23.8 Å². The third-order valence-electron chi connectivity index (χ3n) is 3.42. The van der Waals surface area contributed by atoms with Crippen LogP contribution in [0, 0.1) is 0 Å². The lowest BCUT2D eigenvalue weighted by Gasteiger charge is -2.20. The Morgan fingerprint density at radius 2 is 2.21 bits per heavy atom. The summed E-state index contributed by atoms with van der Waals surface area (Å²) >= 11 is 1.52. The zero-order chi connectivity index (χ0) is 16.4. The highest BCUT2D eigenvalue weighted by Crippen LogP contribution is 2.37. The molecular weight excluding hydrogens is 326 g/mol. The Hall–Kier alpha value is -2.93. The van der Waals surface area contributed by atoms with Crippen LogP contribution in [0.3, 0.4) is 0 Å². The molecule has 0 saturated carbocycles. The summed E-state index contributed by atoms with van der Waals surface area (Å²) in [6.45, 7) is 0.325. The van der Waals surface area contributed by atoms with Gasteiger partial charge in [-0.15, -0.1) is 11.3 Å². The number of thiazole rings is 1. The Balaban J connectivity index is 1.50. The van der Waals surface area contributed by atoms with Gasteiger partial charge in [-0.05, 0) is 24.3 Å². The number of aromatic nitrogens is 2. The van der Waals surface area contributed by atoms with Gasteiger partial charge in [-0.1, -0.05) is 12.1 Å². The third kappa shape index (κ3) is 2.93. The second-order valence-corrected chi connectivity index (χ2v) is 5.97. The normalized spacial score (nSPS) is 12.9. The van der Waals surface area contributed by atoms with E-state index in [1.807, 2.05) is 29.6 Å². The summed E-state index contributed by atoms with van der Waals surface area (Å²) < 4.78 is 11.2. The smallest absolute Gasteiger partial charge is 0.262 e. The van der Waals surface area contributed by atoms with Crippen molar-refractivity contribution in [1.82, 2.24) is 9.97 Å². The molecule has 0 bridgehead atoms. The van der Waals surface area contributed by atoms with E-state index in [2.05, 4.69) is 15.3 Å². The lowest BCUT2D eigenvalue weighted by molar-refractivity contribution is -0.118. The SMILES string of the molecule is O=C1COc2cccc(OCc3csc(-c4ccccn4)n3)c2N1. The summed E-state index contributed by atoms with van der Waals surface area (Å²) in [5.41, 5.74) is 2.21. The lowest BCUT2D eigenvalue weighted by Crippen LogP contribution is -2.25. The van der Waals surface area contributed by atoms with Crippen molar-refractivity contribution < 1.29 is 14.3 Å². The molecular formula is C17H13N3O3S. The fourth-order valence-electron chi connectivity index (χ4n) is 2.33. The van der Waals surface area contributed by atoms with E-state index in [1.54, 1.807) is 18.3 Å². The minimum Gasteiger partial charge on any atom is -0.485 e. The van der Waals surface area contributed by atoms with Crippen molar-refractivity contribution in [2.45, 2.75) is 6.61 Å². The number of nitrogens with zero attached hydrogens (tertiary/aromatic N) is 2. The number of amides is 1. The standard InChI is InChI=1S/C17H13N3O3S/c21-15-9-23-14-6-3-5-13(16(14)20-15)22-8-11-10-24-17(19-11)12-4-1-2-7-18-12/h1-7,10H,8-9H2,(H,20,21). The van der Waals surface area contributed by atoms with Crippen molar-refractivity contribution in [1.29, 1.82) is 0 Å². The molecule has 3 heterocycles. The third-order valence-corrected chi connectivity index (χ3v) is 4.34. The number of para-hydroxylation sites is 1. The van der Waals surface area contributed by atoms with E-state index in [1.165, 1.54) is 11.3 Å². The molecule has 120 valence electrons. The van der Waals surface area contributed by atoms with Crippen LogP contribution < -0.4 is 14.8 Å². The van der Waals surface area contributed by atoms with Crippen LogP contribution in [0.2, 0.25) is 0 Å². The molecule has 24 heavy (non-hydrogen) atoms. The second-order valence-electron chi connectivity index (χ2n) is 5.11. The number of carbonyl (C=O) groups excluding carboxylic acids is 1. The average Bonchev–Trinajstić information content (AvgIpc) is 3.10. The molecule has 0 saturated heterocycles. The number of carbonyl (C=O) groups is 1. The van der Waals surface area contributed by atoms with E-state index >= 15 is 0 Å². The zero-order valence-electron chi connectivity index (χ0n) is 12.6. The molecule has 7 heteroatoms. The molecule has 1 amide bonds. The van der Waals surface area contributed by atoms with E-state index in [0.717, 1.165) is 16.4 Å². The number of benzene rings is 1. The summed E-state index contributed by atoms with van der Waals surface area (Å²) in [5, 5.41) is 5.57. The molecule has 4 rings (SSSR count). The number of hydrogen-bond donors (Lipinski definition) is 1. The summed E-state index contributed by atoms with van der Waals surface area (Å²) in [7, 11) is 0. The number of rotatable bonds is 4. The largest absolute Gasteiger partial charge is 0.485 e. The van der Waals surface area contributed by atoms with Gasteiger partial charge in [0.2, 0.25) is 0 Å². The molecule has 0 spiro atoms. The zero-order valence-corrected chi connectivity index (χ0v) is 13.4. The van der Waals surface area contributed by atoms with Crippen LogP contribution in [0.4, 0.5) is 5.69 Å². The number of nitrogens with one attached hydrogen (secondary N) is 1.